The van der Waals surface area contributed by atoms with Crippen LogP contribution in [0.4, 0.5) is 0 Å². The van der Waals surface area contributed by atoms with Crippen LogP contribution < -0.4 is 10.1 Å². The number of hydrogen-bond donors (Lipinski definition) is 1. The Balaban J connectivity index is 1.40. The van der Waals surface area contributed by atoms with Gasteiger partial charge in [-0.3, -0.25) is 14.6 Å². The summed E-state index contributed by atoms with van der Waals surface area (Å²) in [4.78, 5) is 31.8. The summed E-state index contributed by atoms with van der Waals surface area (Å²) in [5, 5.41) is 2.87. The number of hydrogen-bond acceptors (Lipinski definition) is 7. The van der Waals surface area contributed by atoms with E-state index in [4.69, 9.17) is 9.47 Å². The number of rotatable bonds is 11. The third-order valence-electron chi connectivity index (χ3n) is 6.37. The lowest BCUT2D eigenvalue weighted by Gasteiger charge is -2.29. The van der Waals surface area contributed by atoms with Gasteiger partial charge in [-0.2, -0.15) is 4.31 Å². The molecule has 1 aliphatic heterocycles. The van der Waals surface area contributed by atoms with Crippen molar-refractivity contribution in [3.05, 3.63) is 90.3 Å². The fraction of sp³-hybridized carbons (Fsp3) is 0.321. The van der Waals surface area contributed by atoms with Gasteiger partial charge in [-0.15, -0.1) is 0 Å². The van der Waals surface area contributed by atoms with Crippen LogP contribution in [-0.2, 0) is 37.4 Å². The molecule has 0 spiro atoms. The molecule has 1 atom stereocenters. The van der Waals surface area contributed by atoms with E-state index < -0.39 is 16.1 Å². The van der Waals surface area contributed by atoms with E-state index in [0.717, 1.165) is 11.1 Å². The molecule has 1 N–H and O–H groups in total. The van der Waals surface area contributed by atoms with Crippen LogP contribution in [0.25, 0.3) is 0 Å². The van der Waals surface area contributed by atoms with Crippen molar-refractivity contribution >= 4 is 21.8 Å². The number of sulfonamides is 1. The number of ether oxygens (including phenoxy) is 2. The molecule has 39 heavy (non-hydrogen) atoms. The van der Waals surface area contributed by atoms with Crippen LogP contribution in [0.3, 0.4) is 0 Å². The summed E-state index contributed by atoms with van der Waals surface area (Å²) >= 11 is 0. The largest absolute Gasteiger partial charge is 0.484 e. The fourth-order valence-electron chi connectivity index (χ4n) is 4.07. The molecule has 1 aromatic heterocycles. The average molecular weight is 553 g/mol. The van der Waals surface area contributed by atoms with E-state index >= 15 is 0 Å². The summed E-state index contributed by atoms with van der Waals surface area (Å²) in [7, 11) is -3.63. The van der Waals surface area contributed by atoms with Crippen LogP contribution in [-0.4, -0.2) is 73.4 Å². The second-order valence-electron chi connectivity index (χ2n) is 9.03. The lowest BCUT2D eigenvalue weighted by molar-refractivity contribution is -0.142. The first-order valence-electron chi connectivity index (χ1n) is 12.7. The summed E-state index contributed by atoms with van der Waals surface area (Å²) in [5.41, 5.74) is 1.77. The van der Waals surface area contributed by atoms with Gasteiger partial charge in [-0.25, -0.2) is 8.42 Å². The van der Waals surface area contributed by atoms with Crippen molar-refractivity contribution in [2.24, 2.45) is 0 Å². The third kappa shape index (κ3) is 7.62. The van der Waals surface area contributed by atoms with Crippen molar-refractivity contribution in [3.8, 4) is 5.75 Å². The van der Waals surface area contributed by atoms with Gasteiger partial charge >= 0.3 is 0 Å². The molecule has 0 radical (unpaired) electrons. The van der Waals surface area contributed by atoms with Gasteiger partial charge in [0, 0.05) is 38.6 Å². The van der Waals surface area contributed by atoms with E-state index in [0.29, 0.717) is 38.6 Å². The van der Waals surface area contributed by atoms with Crippen LogP contribution >= 0.6 is 0 Å². The lowest BCUT2D eigenvalue weighted by atomic mass is 10.1. The molecule has 3 aromatic rings. The average Bonchev–Trinajstić information content (AvgIpc) is 2.98. The summed E-state index contributed by atoms with van der Waals surface area (Å²) in [6.07, 6.45) is 3.30. The molecule has 206 valence electrons. The first-order chi connectivity index (χ1) is 18.8. The molecule has 0 bridgehead atoms. The van der Waals surface area contributed by atoms with Crippen LogP contribution in [0.5, 0.6) is 5.75 Å². The van der Waals surface area contributed by atoms with Crippen molar-refractivity contribution in [2.45, 2.75) is 31.0 Å². The van der Waals surface area contributed by atoms with Gasteiger partial charge < -0.3 is 19.7 Å². The molecule has 2 amide bonds. The van der Waals surface area contributed by atoms with E-state index in [1.54, 1.807) is 19.3 Å². The molecular weight excluding hydrogens is 520 g/mol. The number of nitrogens with zero attached hydrogens (tertiary/aromatic N) is 3. The van der Waals surface area contributed by atoms with Crippen LogP contribution in [0.2, 0.25) is 0 Å². The zero-order valence-corrected chi connectivity index (χ0v) is 22.5. The van der Waals surface area contributed by atoms with Crippen molar-refractivity contribution in [3.63, 3.8) is 0 Å². The summed E-state index contributed by atoms with van der Waals surface area (Å²) in [5.74, 6) is -0.331. The third-order valence-corrected chi connectivity index (χ3v) is 8.29. The van der Waals surface area contributed by atoms with Crippen LogP contribution in [0.15, 0.2) is 84.0 Å². The number of aromatic nitrogens is 1. The van der Waals surface area contributed by atoms with Crippen LogP contribution in [0.1, 0.15) is 18.1 Å². The minimum Gasteiger partial charge on any atom is -0.484 e. The van der Waals surface area contributed by atoms with Gasteiger partial charge in [-0.1, -0.05) is 30.3 Å². The zero-order valence-electron chi connectivity index (χ0n) is 21.7. The maximum absolute atomic E-state index is 13.3. The topological polar surface area (TPSA) is 118 Å². The second-order valence-corrected chi connectivity index (χ2v) is 11.0. The van der Waals surface area contributed by atoms with Crippen molar-refractivity contribution in [2.75, 3.05) is 32.9 Å². The highest BCUT2D eigenvalue weighted by atomic mass is 32.2. The van der Waals surface area contributed by atoms with Gasteiger partial charge in [0.25, 0.3) is 5.91 Å². The molecule has 2 aromatic carbocycles. The molecule has 1 saturated heterocycles. The summed E-state index contributed by atoms with van der Waals surface area (Å²) in [6, 6.07) is 18.2. The maximum atomic E-state index is 13.3. The SMILES string of the molecule is CC(C(=O)NCc1ccncc1)N(Cc1ccccc1)C(=O)COc1ccc(S(=O)(=O)N2CCOCC2)cc1. The number of carbonyl (C=O) groups excluding carboxylic acids is 2. The number of benzene rings is 2. The standard InChI is InChI=1S/C28H32N4O6S/c1-22(28(34)30-19-23-11-13-29-14-12-23)32(20-24-5-3-2-4-6-24)27(33)21-38-25-7-9-26(10-8-25)39(35,36)31-15-17-37-18-16-31/h2-14,22H,15-21H2,1H3,(H,30,34). The molecule has 1 unspecified atom stereocenters. The molecule has 1 aliphatic rings. The molecule has 0 aliphatic carbocycles. The van der Waals surface area contributed by atoms with Gasteiger partial charge in [0.2, 0.25) is 15.9 Å². The summed E-state index contributed by atoms with van der Waals surface area (Å²) < 4.78 is 38.0. The Morgan fingerprint density at radius 2 is 1.67 bits per heavy atom. The monoisotopic (exact) mass is 552 g/mol. The maximum Gasteiger partial charge on any atom is 0.261 e. The number of morpholine rings is 1. The van der Waals surface area contributed by atoms with E-state index in [9.17, 15) is 18.0 Å². The second kappa shape index (κ2) is 13.3. The normalized spacial score (nSPS) is 14.8. The Kier molecular flexibility index (Phi) is 9.64. The number of carbonyl (C=O) groups is 2. The first kappa shape index (κ1) is 28.2. The van der Waals surface area contributed by atoms with E-state index in [1.807, 2.05) is 42.5 Å². The fourth-order valence-corrected chi connectivity index (χ4v) is 5.48. The Bertz CT molecular complexity index is 1330. The van der Waals surface area contributed by atoms with Crippen LogP contribution in [0, 0.1) is 0 Å². The highest BCUT2D eigenvalue weighted by Gasteiger charge is 2.28. The Hall–Kier alpha value is -3.80. The number of pyridine rings is 1. The Morgan fingerprint density at radius 3 is 2.33 bits per heavy atom. The molecule has 11 heteroatoms. The van der Waals surface area contributed by atoms with Gasteiger partial charge in [0.1, 0.15) is 11.8 Å². The molecular formula is C28H32N4O6S. The molecule has 2 heterocycles. The highest BCUT2D eigenvalue weighted by Crippen LogP contribution is 2.21. The quantitative estimate of drug-likeness (QED) is 0.388. The Morgan fingerprint density at radius 1 is 1.00 bits per heavy atom. The van der Waals surface area contributed by atoms with Crippen molar-refractivity contribution < 1.29 is 27.5 Å². The minimum atomic E-state index is -3.63. The van der Waals surface area contributed by atoms with E-state index in [2.05, 4.69) is 10.3 Å². The first-order valence-corrected chi connectivity index (χ1v) is 14.1. The van der Waals surface area contributed by atoms with Gasteiger partial charge in [0.15, 0.2) is 6.61 Å². The van der Waals surface area contributed by atoms with Crippen molar-refractivity contribution in [1.82, 2.24) is 19.5 Å². The van der Waals surface area contributed by atoms with Gasteiger partial charge in [0.05, 0.1) is 18.1 Å². The molecule has 10 nitrogen and oxygen atoms in total. The molecule has 4 rings (SSSR count). The zero-order chi connectivity index (χ0) is 27.7. The van der Waals surface area contributed by atoms with E-state index in [1.165, 1.54) is 33.5 Å². The number of nitrogens with one attached hydrogen (secondary N) is 1. The summed E-state index contributed by atoms with van der Waals surface area (Å²) in [6.45, 7) is 3.24. The predicted octanol–water partition coefficient (Wildman–Crippen LogP) is 2.21. The highest BCUT2D eigenvalue weighted by molar-refractivity contribution is 7.89. The minimum absolute atomic E-state index is 0.147. The van der Waals surface area contributed by atoms with Crippen molar-refractivity contribution in [1.29, 1.82) is 0 Å². The van der Waals surface area contributed by atoms with E-state index in [-0.39, 0.29) is 29.9 Å². The smallest absolute Gasteiger partial charge is 0.261 e. The van der Waals surface area contributed by atoms with Gasteiger partial charge in [-0.05, 0) is 54.4 Å². The number of amides is 2. The lowest BCUT2D eigenvalue weighted by Crippen LogP contribution is -2.48. The molecule has 1 fully saturated rings. The molecule has 0 saturated carbocycles. The Labute approximate surface area is 228 Å². The predicted molar refractivity (Wildman–Crippen MR) is 144 cm³/mol.